The van der Waals surface area contributed by atoms with Crippen LogP contribution in [-0.2, 0) is 0 Å². The summed E-state index contributed by atoms with van der Waals surface area (Å²) >= 11 is 0. The van der Waals surface area contributed by atoms with E-state index in [0.29, 0.717) is 18.4 Å². The highest BCUT2D eigenvalue weighted by Gasteiger charge is 2.23. The van der Waals surface area contributed by atoms with E-state index in [2.05, 4.69) is 20.5 Å². The Labute approximate surface area is 119 Å². The molecule has 5 nitrogen and oxygen atoms in total. The first-order valence-electron chi connectivity index (χ1n) is 7.43. The summed E-state index contributed by atoms with van der Waals surface area (Å²) < 4.78 is 0. The van der Waals surface area contributed by atoms with Crippen LogP contribution in [0, 0.1) is 5.92 Å². The molecule has 0 amide bonds. The Balaban J connectivity index is 1.76. The molecule has 0 aliphatic heterocycles. The number of nitrogens with two attached hydrogens (primary N) is 1. The molecular formula is C15H21N5. The Kier molecular flexibility index (Phi) is 4.06. The SMILES string of the molecule is NCC(Nc1nnc2ccccc2n1)C1CCCCC1. The van der Waals surface area contributed by atoms with E-state index in [1.165, 1.54) is 32.1 Å². The summed E-state index contributed by atoms with van der Waals surface area (Å²) in [7, 11) is 0. The molecule has 1 aliphatic carbocycles. The van der Waals surface area contributed by atoms with Gasteiger partial charge in [-0.1, -0.05) is 31.4 Å². The lowest BCUT2D eigenvalue weighted by molar-refractivity contribution is 0.319. The third-order valence-electron chi connectivity index (χ3n) is 4.15. The minimum Gasteiger partial charge on any atom is -0.349 e. The molecule has 0 spiro atoms. The Morgan fingerprint density at radius 3 is 2.60 bits per heavy atom. The van der Waals surface area contributed by atoms with Crippen molar-refractivity contribution in [2.24, 2.45) is 11.7 Å². The number of hydrogen-bond acceptors (Lipinski definition) is 5. The highest BCUT2D eigenvalue weighted by Crippen LogP contribution is 2.27. The Bertz CT molecular complexity index is 565. The molecule has 1 heterocycles. The van der Waals surface area contributed by atoms with Gasteiger partial charge in [0.15, 0.2) is 0 Å². The zero-order valence-electron chi connectivity index (χ0n) is 11.6. The molecule has 1 aliphatic rings. The number of para-hydroxylation sites is 1. The zero-order valence-corrected chi connectivity index (χ0v) is 11.6. The largest absolute Gasteiger partial charge is 0.349 e. The van der Waals surface area contributed by atoms with Gasteiger partial charge in [-0.3, -0.25) is 0 Å². The van der Waals surface area contributed by atoms with Gasteiger partial charge in [0.2, 0.25) is 5.95 Å². The van der Waals surface area contributed by atoms with E-state index >= 15 is 0 Å². The first-order chi connectivity index (χ1) is 9.86. The van der Waals surface area contributed by atoms with Crippen LogP contribution in [0.4, 0.5) is 5.95 Å². The lowest BCUT2D eigenvalue weighted by Crippen LogP contribution is -2.38. The van der Waals surface area contributed by atoms with Crippen molar-refractivity contribution >= 4 is 17.0 Å². The van der Waals surface area contributed by atoms with E-state index < -0.39 is 0 Å². The average molecular weight is 271 g/mol. The van der Waals surface area contributed by atoms with Crippen molar-refractivity contribution in [1.29, 1.82) is 0 Å². The van der Waals surface area contributed by atoms with Gasteiger partial charge < -0.3 is 11.1 Å². The molecule has 1 aromatic heterocycles. The average Bonchev–Trinajstić information content (AvgIpc) is 2.53. The van der Waals surface area contributed by atoms with Crippen molar-refractivity contribution in [3.8, 4) is 0 Å². The van der Waals surface area contributed by atoms with Crippen LogP contribution in [-0.4, -0.2) is 27.8 Å². The number of hydrogen-bond donors (Lipinski definition) is 2. The number of fused-ring (bicyclic) bond motifs is 1. The monoisotopic (exact) mass is 271 g/mol. The number of nitrogens with one attached hydrogen (secondary N) is 1. The number of aromatic nitrogens is 3. The van der Waals surface area contributed by atoms with Gasteiger partial charge >= 0.3 is 0 Å². The second-order valence-corrected chi connectivity index (χ2v) is 5.51. The number of rotatable bonds is 4. The lowest BCUT2D eigenvalue weighted by Gasteiger charge is -2.29. The summed E-state index contributed by atoms with van der Waals surface area (Å²) in [6.45, 7) is 0.612. The summed E-state index contributed by atoms with van der Waals surface area (Å²) in [6.07, 6.45) is 6.45. The topological polar surface area (TPSA) is 76.7 Å². The molecule has 0 radical (unpaired) electrons. The van der Waals surface area contributed by atoms with Gasteiger partial charge in [0.25, 0.3) is 0 Å². The van der Waals surface area contributed by atoms with Crippen molar-refractivity contribution in [1.82, 2.24) is 15.2 Å². The second kappa shape index (κ2) is 6.13. The molecule has 1 atom stereocenters. The highest BCUT2D eigenvalue weighted by atomic mass is 15.2. The first-order valence-corrected chi connectivity index (χ1v) is 7.43. The van der Waals surface area contributed by atoms with E-state index in [4.69, 9.17) is 5.73 Å². The maximum atomic E-state index is 5.93. The van der Waals surface area contributed by atoms with Crippen LogP contribution < -0.4 is 11.1 Å². The maximum Gasteiger partial charge on any atom is 0.243 e. The predicted octanol–water partition coefficient (Wildman–Crippen LogP) is 2.34. The molecule has 3 N–H and O–H groups in total. The minimum absolute atomic E-state index is 0.248. The molecule has 0 bridgehead atoms. The summed E-state index contributed by atoms with van der Waals surface area (Å²) in [6, 6.07) is 8.02. The van der Waals surface area contributed by atoms with Crippen molar-refractivity contribution in [3.63, 3.8) is 0 Å². The fraction of sp³-hybridized carbons (Fsp3) is 0.533. The van der Waals surface area contributed by atoms with Crippen LogP contribution in [0.2, 0.25) is 0 Å². The number of nitrogens with zero attached hydrogens (tertiary/aromatic N) is 3. The van der Waals surface area contributed by atoms with Crippen molar-refractivity contribution in [3.05, 3.63) is 24.3 Å². The zero-order chi connectivity index (χ0) is 13.8. The summed E-state index contributed by atoms with van der Waals surface area (Å²) in [4.78, 5) is 4.52. The molecule has 2 aromatic rings. The fourth-order valence-corrected chi connectivity index (χ4v) is 3.01. The van der Waals surface area contributed by atoms with Crippen LogP contribution in [0.5, 0.6) is 0 Å². The predicted molar refractivity (Wildman–Crippen MR) is 80.4 cm³/mol. The number of anilines is 1. The lowest BCUT2D eigenvalue weighted by atomic mass is 9.84. The quantitative estimate of drug-likeness (QED) is 0.892. The normalized spacial score (nSPS) is 18.1. The maximum absolute atomic E-state index is 5.93. The molecule has 1 fully saturated rings. The fourth-order valence-electron chi connectivity index (χ4n) is 3.01. The molecule has 3 rings (SSSR count). The Hall–Kier alpha value is -1.75. The molecule has 1 saturated carbocycles. The summed E-state index contributed by atoms with van der Waals surface area (Å²) in [5.41, 5.74) is 7.61. The number of benzene rings is 1. The molecule has 0 saturated heterocycles. The third kappa shape index (κ3) is 2.88. The molecule has 106 valence electrons. The van der Waals surface area contributed by atoms with E-state index in [9.17, 15) is 0 Å². The van der Waals surface area contributed by atoms with Crippen LogP contribution in [0.25, 0.3) is 11.0 Å². The van der Waals surface area contributed by atoms with E-state index in [0.717, 1.165) is 11.0 Å². The van der Waals surface area contributed by atoms with Crippen molar-refractivity contribution in [2.45, 2.75) is 38.1 Å². The molecule has 20 heavy (non-hydrogen) atoms. The third-order valence-corrected chi connectivity index (χ3v) is 4.15. The van der Waals surface area contributed by atoms with E-state index in [1.54, 1.807) is 0 Å². The van der Waals surface area contributed by atoms with Crippen LogP contribution in [0.3, 0.4) is 0 Å². The minimum atomic E-state index is 0.248. The van der Waals surface area contributed by atoms with Gasteiger partial charge in [0.05, 0.1) is 5.52 Å². The molecule has 1 unspecified atom stereocenters. The van der Waals surface area contributed by atoms with E-state index in [1.807, 2.05) is 24.3 Å². The molecular weight excluding hydrogens is 250 g/mol. The smallest absolute Gasteiger partial charge is 0.243 e. The van der Waals surface area contributed by atoms with Crippen LogP contribution in [0.15, 0.2) is 24.3 Å². The summed E-state index contributed by atoms with van der Waals surface area (Å²) in [5.74, 6) is 1.22. The van der Waals surface area contributed by atoms with E-state index in [-0.39, 0.29) is 6.04 Å². The standard InChI is InChI=1S/C15H21N5/c16-10-14(11-6-2-1-3-7-11)18-15-17-12-8-4-5-9-13(12)19-20-15/h4-5,8-9,11,14H,1-3,6-7,10,16H2,(H,17,18,20). The molecule has 1 aromatic carbocycles. The second-order valence-electron chi connectivity index (χ2n) is 5.51. The highest BCUT2D eigenvalue weighted by molar-refractivity contribution is 5.74. The van der Waals surface area contributed by atoms with Gasteiger partial charge in [-0.25, -0.2) is 4.98 Å². The van der Waals surface area contributed by atoms with Crippen LogP contribution >= 0.6 is 0 Å². The van der Waals surface area contributed by atoms with Gasteiger partial charge in [0.1, 0.15) is 5.52 Å². The van der Waals surface area contributed by atoms with Crippen molar-refractivity contribution < 1.29 is 0 Å². The summed E-state index contributed by atoms with van der Waals surface area (Å²) in [5, 5.41) is 11.7. The van der Waals surface area contributed by atoms with Gasteiger partial charge in [-0.15, -0.1) is 10.2 Å². The van der Waals surface area contributed by atoms with Crippen LogP contribution in [0.1, 0.15) is 32.1 Å². The Morgan fingerprint density at radius 2 is 1.85 bits per heavy atom. The first kappa shape index (κ1) is 13.2. The Morgan fingerprint density at radius 1 is 1.10 bits per heavy atom. The molecule has 5 heteroatoms. The van der Waals surface area contributed by atoms with Gasteiger partial charge in [0, 0.05) is 12.6 Å². The van der Waals surface area contributed by atoms with Crippen molar-refractivity contribution in [2.75, 3.05) is 11.9 Å². The van der Waals surface area contributed by atoms with Gasteiger partial charge in [-0.2, -0.15) is 0 Å². The van der Waals surface area contributed by atoms with Gasteiger partial charge in [-0.05, 0) is 30.9 Å².